The number of hydrogen-bond donors (Lipinski definition) is 1. The molecule has 1 rings (SSSR count). The van der Waals surface area contributed by atoms with Gasteiger partial charge in [0.25, 0.3) is 0 Å². The van der Waals surface area contributed by atoms with Crippen LogP contribution in [0.15, 0.2) is 0 Å². The van der Waals surface area contributed by atoms with E-state index in [0.29, 0.717) is 12.5 Å². The molecule has 1 atom stereocenters. The molecule has 1 aliphatic rings. The average molecular weight is 214 g/mol. The van der Waals surface area contributed by atoms with E-state index in [0.717, 1.165) is 26.1 Å². The lowest BCUT2D eigenvalue weighted by atomic mass is 10.2. The van der Waals surface area contributed by atoms with Crippen molar-refractivity contribution in [1.29, 1.82) is 0 Å². The van der Waals surface area contributed by atoms with E-state index < -0.39 is 0 Å². The highest BCUT2D eigenvalue weighted by Crippen LogP contribution is 2.06. The van der Waals surface area contributed by atoms with Crippen LogP contribution in [-0.2, 0) is 9.53 Å². The van der Waals surface area contributed by atoms with Crippen LogP contribution in [-0.4, -0.2) is 50.7 Å². The molecule has 15 heavy (non-hydrogen) atoms. The lowest BCUT2D eigenvalue weighted by Gasteiger charge is -2.20. The molecule has 0 aromatic rings. The number of methoxy groups -OCH3 is 1. The standard InChI is InChI=1S/C11H22N2O2/c1-13(8-4-6-11(14)15-2)9-10-5-3-7-12-10/h10,12H,3-9H2,1-2H3. The summed E-state index contributed by atoms with van der Waals surface area (Å²) in [5, 5.41) is 3.46. The van der Waals surface area contributed by atoms with Crippen LogP contribution in [0.25, 0.3) is 0 Å². The third-order valence-electron chi connectivity index (χ3n) is 2.84. The number of carbonyl (C=O) groups excluding carboxylic acids is 1. The Labute approximate surface area is 92.0 Å². The van der Waals surface area contributed by atoms with Crippen LogP contribution >= 0.6 is 0 Å². The molecule has 4 heteroatoms. The first-order valence-electron chi connectivity index (χ1n) is 5.71. The second-order valence-electron chi connectivity index (χ2n) is 4.24. The van der Waals surface area contributed by atoms with Gasteiger partial charge < -0.3 is 15.0 Å². The van der Waals surface area contributed by atoms with Crippen molar-refractivity contribution in [3.63, 3.8) is 0 Å². The zero-order chi connectivity index (χ0) is 11.1. The van der Waals surface area contributed by atoms with Crippen molar-refractivity contribution in [2.75, 3.05) is 33.8 Å². The molecule has 0 aromatic carbocycles. The summed E-state index contributed by atoms with van der Waals surface area (Å²) in [5.74, 6) is -0.109. The van der Waals surface area contributed by atoms with Crippen molar-refractivity contribution < 1.29 is 9.53 Å². The predicted octanol–water partition coefficient (Wildman–Crippen LogP) is 0.623. The van der Waals surface area contributed by atoms with Crippen LogP contribution in [0.1, 0.15) is 25.7 Å². The molecule has 1 fully saturated rings. The van der Waals surface area contributed by atoms with E-state index >= 15 is 0 Å². The minimum Gasteiger partial charge on any atom is -0.469 e. The topological polar surface area (TPSA) is 41.6 Å². The van der Waals surface area contributed by atoms with E-state index in [9.17, 15) is 4.79 Å². The molecule has 0 bridgehead atoms. The number of likely N-dealkylation sites (N-methyl/N-ethyl adjacent to an activating group) is 1. The molecule has 4 nitrogen and oxygen atoms in total. The SMILES string of the molecule is COC(=O)CCCN(C)CC1CCCN1. The Morgan fingerprint density at radius 2 is 2.40 bits per heavy atom. The first kappa shape index (κ1) is 12.5. The lowest BCUT2D eigenvalue weighted by Crippen LogP contribution is -2.35. The minimum atomic E-state index is -0.109. The van der Waals surface area contributed by atoms with E-state index in [1.54, 1.807) is 0 Å². The van der Waals surface area contributed by atoms with Crippen LogP contribution in [0.5, 0.6) is 0 Å². The van der Waals surface area contributed by atoms with Crippen LogP contribution < -0.4 is 5.32 Å². The molecule has 1 heterocycles. The highest BCUT2D eigenvalue weighted by Gasteiger charge is 2.15. The van der Waals surface area contributed by atoms with Gasteiger partial charge in [-0.05, 0) is 39.4 Å². The quantitative estimate of drug-likeness (QED) is 0.658. The van der Waals surface area contributed by atoms with Gasteiger partial charge >= 0.3 is 5.97 Å². The van der Waals surface area contributed by atoms with E-state index in [1.807, 2.05) is 0 Å². The molecular weight excluding hydrogens is 192 g/mol. The van der Waals surface area contributed by atoms with Gasteiger partial charge in [0.2, 0.25) is 0 Å². The number of hydrogen-bond acceptors (Lipinski definition) is 4. The van der Waals surface area contributed by atoms with Gasteiger partial charge in [0.05, 0.1) is 7.11 Å². The number of esters is 1. The Balaban J connectivity index is 2.02. The van der Waals surface area contributed by atoms with Crippen molar-refractivity contribution in [2.45, 2.75) is 31.7 Å². The van der Waals surface area contributed by atoms with Crippen LogP contribution in [0.2, 0.25) is 0 Å². The second kappa shape index (κ2) is 6.80. The maximum absolute atomic E-state index is 10.9. The molecule has 0 saturated carbocycles. The summed E-state index contributed by atoms with van der Waals surface area (Å²) in [6.45, 7) is 3.20. The Bertz CT molecular complexity index is 191. The fraction of sp³-hybridized carbons (Fsp3) is 0.909. The molecular formula is C11H22N2O2. The average Bonchev–Trinajstić information content (AvgIpc) is 2.70. The van der Waals surface area contributed by atoms with Crippen molar-refractivity contribution in [1.82, 2.24) is 10.2 Å². The molecule has 0 aliphatic carbocycles. The van der Waals surface area contributed by atoms with Crippen molar-refractivity contribution >= 4 is 5.97 Å². The fourth-order valence-electron chi connectivity index (χ4n) is 1.98. The molecule has 88 valence electrons. The fourth-order valence-corrected chi connectivity index (χ4v) is 1.98. The maximum atomic E-state index is 10.9. The number of nitrogens with zero attached hydrogens (tertiary/aromatic N) is 1. The first-order chi connectivity index (χ1) is 7.22. The summed E-state index contributed by atoms with van der Waals surface area (Å²) in [5.41, 5.74) is 0. The Morgan fingerprint density at radius 3 is 3.00 bits per heavy atom. The minimum absolute atomic E-state index is 0.109. The monoisotopic (exact) mass is 214 g/mol. The summed E-state index contributed by atoms with van der Waals surface area (Å²) in [6.07, 6.45) is 3.98. The van der Waals surface area contributed by atoms with Crippen LogP contribution in [0.3, 0.4) is 0 Å². The highest BCUT2D eigenvalue weighted by atomic mass is 16.5. The van der Waals surface area contributed by atoms with Crippen LogP contribution in [0.4, 0.5) is 0 Å². The second-order valence-corrected chi connectivity index (χ2v) is 4.24. The Morgan fingerprint density at radius 1 is 1.60 bits per heavy atom. The molecule has 1 aliphatic heterocycles. The molecule has 0 amide bonds. The smallest absolute Gasteiger partial charge is 0.305 e. The molecule has 1 saturated heterocycles. The van der Waals surface area contributed by atoms with E-state index in [-0.39, 0.29) is 5.97 Å². The van der Waals surface area contributed by atoms with E-state index in [2.05, 4.69) is 22.0 Å². The van der Waals surface area contributed by atoms with E-state index in [4.69, 9.17) is 0 Å². The molecule has 1 unspecified atom stereocenters. The van der Waals surface area contributed by atoms with Crippen molar-refractivity contribution in [3.05, 3.63) is 0 Å². The van der Waals surface area contributed by atoms with Gasteiger partial charge in [-0.3, -0.25) is 4.79 Å². The van der Waals surface area contributed by atoms with Gasteiger partial charge in [0.1, 0.15) is 0 Å². The number of rotatable bonds is 6. The van der Waals surface area contributed by atoms with Gasteiger partial charge in [0.15, 0.2) is 0 Å². The normalized spacial score (nSPS) is 20.9. The number of ether oxygens (including phenoxy) is 1. The van der Waals surface area contributed by atoms with Crippen molar-refractivity contribution in [3.8, 4) is 0 Å². The Kier molecular flexibility index (Phi) is 5.65. The van der Waals surface area contributed by atoms with Gasteiger partial charge in [0, 0.05) is 19.0 Å². The van der Waals surface area contributed by atoms with Gasteiger partial charge in [-0.25, -0.2) is 0 Å². The summed E-state index contributed by atoms with van der Waals surface area (Å²) >= 11 is 0. The summed E-state index contributed by atoms with van der Waals surface area (Å²) in [4.78, 5) is 13.2. The van der Waals surface area contributed by atoms with Gasteiger partial charge in [-0.1, -0.05) is 0 Å². The summed E-state index contributed by atoms with van der Waals surface area (Å²) in [6, 6.07) is 0.646. The van der Waals surface area contributed by atoms with E-state index in [1.165, 1.54) is 20.0 Å². The largest absolute Gasteiger partial charge is 0.469 e. The Hall–Kier alpha value is -0.610. The number of carbonyl (C=O) groups is 1. The van der Waals surface area contributed by atoms with Crippen molar-refractivity contribution in [2.24, 2.45) is 0 Å². The number of nitrogens with one attached hydrogen (secondary N) is 1. The lowest BCUT2D eigenvalue weighted by molar-refractivity contribution is -0.140. The first-order valence-corrected chi connectivity index (χ1v) is 5.71. The third kappa shape index (κ3) is 5.14. The molecule has 0 spiro atoms. The highest BCUT2D eigenvalue weighted by molar-refractivity contribution is 5.69. The van der Waals surface area contributed by atoms with Crippen LogP contribution in [0, 0.1) is 0 Å². The zero-order valence-electron chi connectivity index (χ0n) is 9.79. The van der Waals surface area contributed by atoms with Gasteiger partial charge in [-0.15, -0.1) is 0 Å². The molecule has 0 aromatic heterocycles. The maximum Gasteiger partial charge on any atom is 0.305 e. The summed E-state index contributed by atoms with van der Waals surface area (Å²) in [7, 11) is 3.55. The molecule has 1 N–H and O–H groups in total. The van der Waals surface area contributed by atoms with Gasteiger partial charge in [-0.2, -0.15) is 0 Å². The molecule has 0 radical (unpaired) electrons. The predicted molar refractivity (Wildman–Crippen MR) is 59.8 cm³/mol. The summed E-state index contributed by atoms with van der Waals surface area (Å²) < 4.78 is 4.60. The zero-order valence-corrected chi connectivity index (χ0v) is 9.79. The third-order valence-corrected chi connectivity index (χ3v) is 2.84.